The molecule has 5 rings (SSSR count). The Balaban J connectivity index is 1.28. The fraction of sp³-hybridized carbons (Fsp3) is 0.500. The number of piperidine rings is 1. The van der Waals surface area contributed by atoms with Gasteiger partial charge in [0.15, 0.2) is 4.34 Å². The Hall–Kier alpha value is -2.67. The first-order chi connectivity index (χ1) is 23.3. The Morgan fingerprint density at radius 3 is 2.41 bits per heavy atom. The minimum Gasteiger partial charge on any atom is -0.443 e. The van der Waals surface area contributed by atoms with Gasteiger partial charge in [0.25, 0.3) is 5.91 Å². The zero-order valence-electron chi connectivity index (χ0n) is 28.5. The number of nitrogens with zero attached hydrogens (tertiary/aromatic N) is 4. The summed E-state index contributed by atoms with van der Waals surface area (Å²) < 4.78 is 8.24. The van der Waals surface area contributed by atoms with Crippen molar-refractivity contribution in [2.45, 2.75) is 101 Å². The maximum Gasteiger partial charge on any atom is 0.421 e. The normalized spacial score (nSPS) is 17.0. The van der Waals surface area contributed by atoms with Crippen molar-refractivity contribution in [2.24, 2.45) is 11.7 Å². The van der Waals surface area contributed by atoms with E-state index in [1.54, 1.807) is 45.9 Å². The predicted molar refractivity (Wildman–Crippen MR) is 199 cm³/mol. The molecule has 2 N–H and O–H groups in total. The third kappa shape index (κ3) is 9.98. The number of ether oxygens (including phenoxy) is 1. The van der Waals surface area contributed by atoms with Gasteiger partial charge in [0, 0.05) is 55.5 Å². The third-order valence-electron chi connectivity index (χ3n) is 8.89. The van der Waals surface area contributed by atoms with Gasteiger partial charge in [0.2, 0.25) is 5.91 Å². The lowest BCUT2D eigenvalue weighted by atomic mass is 9.83. The van der Waals surface area contributed by atoms with Crippen LogP contribution in [0.1, 0.15) is 78.2 Å². The summed E-state index contributed by atoms with van der Waals surface area (Å²) in [6.45, 7) is 9.37. The number of benzene rings is 2. The largest absolute Gasteiger partial charge is 0.443 e. The molecule has 1 saturated heterocycles. The van der Waals surface area contributed by atoms with Crippen molar-refractivity contribution in [3.05, 3.63) is 63.5 Å². The molecule has 0 radical (unpaired) electrons. The zero-order chi connectivity index (χ0) is 35.3. The van der Waals surface area contributed by atoms with Crippen LogP contribution in [0.3, 0.4) is 0 Å². The van der Waals surface area contributed by atoms with Crippen LogP contribution in [0.15, 0.2) is 52.2 Å². The first-order valence-electron chi connectivity index (χ1n) is 16.8. The number of halogens is 2. The molecule has 1 saturated carbocycles. The average Bonchev–Trinajstić information content (AvgIpc) is 3.54. The molecule has 0 spiro atoms. The van der Waals surface area contributed by atoms with E-state index in [0.717, 1.165) is 84.9 Å². The molecule has 49 heavy (non-hydrogen) atoms. The molecule has 1 aliphatic carbocycles. The summed E-state index contributed by atoms with van der Waals surface area (Å²) in [7, 11) is 0. The highest BCUT2D eigenvalue weighted by Crippen LogP contribution is 2.36. The SMILES string of the molecule is CC(=O)N(Sc1nc(-c2cccc(N(C(=O)OC(C)(C)C)C(=O)[C@@H](N)C3CCCCC3)c2)cs1)C1CCN(Cc2ccc(Cl)c(Cl)c2)CC1. The second-order valence-electron chi connectivity index (χ2n) is 13.8. The smallest absolute Gasteiger partial charge is 0.421 e. The van der Waals surface area contributed by atoms with Gasteiger partial charge < -0.3 is 10.5 Å². The quantitative estimate of drug-likeness (QED) is 0.217. The van der Waals surface area contributed by atoms with E-state index in [9.17, 15) is 14.4 Å². The molecule has 264 valence electrons. The minimum atomic E-state index is -0.806. The number of likely N-dealkylation sites (tertiary alicyclic amines) is 1. The second kappa shape index (κ2) is 16.6. The number of carbonyl (C=O) groups excluding carboxylic acids is 3. The highest BCUT2D eigenvalue weighted by molar-refractivity contribution is 7.99. The second-order valence-corrected chi connectivity index (χ2v) is 16.7. The lowest BCUT2D eigenvalue weighted by molar-refractivity contribution is -0.126. The van der Waals surface area contributed by atoms with Crippen molar-refractivity contribution in [1.82, 2.24) is 14.2 Å². The van der Waals surface area contributed by atoms with E-state index < -0.39 is 23.6 Å². The summed E-state index contributed by atoms with van der Waals surface area (Å²) in [5.41, 5.74) is 8.62. The van der Waals surface area contributed by atoms with Gasteiger partial charge in [-0.2, -0.15) is 0 Å². The molecule has 2 aromatic carbocycles. The molecule has 9 nitrogen and oxygen atoms in total. The lowest BCUT2D eigenvalue weighted by Crippen LogP contribution is -2.52. The van der Waals surface area contributed by atoms with Crippen molar-refractivity contribution in [3.63, 3.8) is 0 Å². The van der Waals surface area contributed by atoms with Crippen LogP contribution < -0.4 is 10.6 Å². The number of aromatic nitrogens is 1. The van der Waals surface area contributed by atoms with Crippen molar-refractivity contribution < 1.29 is 19.1 Å². The van der Waals surface area contributed by atoms with Crippen LogP contribution in [0.4, 0.5) is 10.5 Å². The van der Waals surface area contributed by atoms with Gasteiger partial charge in [-0.1, -0.05) is 60.7 Å². The maximum absolute atomic E-state index is 13.8. The number of anilines is 1. The van der Waals surface area contributed by atoms with Gasteiger partial charge in [-0.15, -0.1) is 11.3 Å². The number of rotatable bonds is 9. The first kappa shape index (κ1) is 37.6. The molecule has 2 fully saturated rings. The summed E-state index contributed by atoms with van der Waals surface area (Å²) in [4.78, 5) is 48.4. The van der Waals surface area contributed by atoms with Crippen molar-refractivity contribution in [1.29, 1.82) is 0 Å². The molecule has 3 aromatic rings. The number of hydrogen-bond acceptors (Lipinski definition) is 9. The van der Waals surface area contributed by atoms with Gasteiger partial charge in [-0.05, 0) is 82.2 Å². The molecule has 1 aliphatic heterocycles. The van der Waals surface area contributed by atoms with Crippen LogP contribution >= 0.6 is 46.5 Å². The van der Waals surface area contributed by atoms with E-state index in [-0.39, 0.29) is 17.9 Å². The van der Waals surface area contributed by atoms with Crippen molar-refractivity contribution in [3.8, 4) is 11.3 Å². The summed E-state index contributed by atoms with van der Waals surface area (Å²) >= 11 is 15.1. The summed E-state index contributed by atoms with van der Waals surface area (Å²) in [6, 6.07) is 12.2. The van der Waals surface area contributed by atoms with Gasteiger partial charge in [-0.3, -0.25) is 18.8 Å². The maximum atomic E-state index is 13.8. The Bertz CT molecular complexity index is 1630. The van der Waals surface area contributed by atoms with Gasteiger partial charge in [-0.25, -0.2) is 14.7 Å². The topological polar surface area (TPSA) is 109 Å². The molecule has 1 aromatic heterocycles. The van der Waals surface area contributed by atoms with E-state index >= 15 is 0 Å². The average molecular weight is 747 g/mol. The highest BCUT2D eigenvalue weighted by Gasteiger charge is 2.36. The fourth-order valence-corrected chi connectivity index (χ4v) is 8.62. The fourth-order valence-electron chi connectivity index (χ4n) is 6.40. The molecule has 2 aliphatic rings. The molecule has 0 unspecified atom stereocenters. The molecule has 3 amide bonds. The number of imide groups is 1. The standard InChI is InChI=1S/C36H45Cl2N5O4S2/c1-23(44)43(27-15-17-41(18-16-27)21-24-13-14-29(37)30(38)19-24)49-34-40-31(22-48-34)26-11-8-12-28(20-26)42(35(46)47-36(2,3)4)33(45)32(39)25-9-6-5-7-10-25/h8,11-14,19-20,22,25,27,32H,5-7,9-10,15-18,21,39H2,1-4H3/t32-/m0/s1. The van der Waals surface area contributed by atoms with Crippen LogP contribution in [0, 0.1) is 5.92 Å². The molecule has 2 heterocycles. The third-order valence-corrected chi connectivity index (χ3v) is 11.8. The lowest BCUT2D eigenvalue weighted by Gasteiger charge is -2.37. The number of amides is 3. The van der Waals surface area contributed by atoms with E-state index in [4.69, 9.17) is 38.7 Å². The summed E-state index contributed by atoms with van der Waals surface area (Å²) in [5.74, 6) is -0.466. The number of thiazole rings is 1. The van der Waals surface area contributed by atoms with E-state index in [2.05, 4.69) is 4.90 Å². The van der Waals surface area contributed by atoms with Crippen LogP contribution in [0.5, 0.6) is 0 Å². The van der Waals surface area contributed by atoms with Crippen molar-refractivity contribution >= 4 is 70.1 Å². The van der Waals surface area contributed by atoms with Crippen LogP contribution in [0.2, 0.25) is 10.0 Å². The van der Waals surface area contributed by atoms with Gasteiger partial charge in [0.05, 0.1) is 27.5 Å². The number of carbonyl (C=O) groups is 3. The molecular weight excluding hydrogens is 701 g/mol. The van der Waals surface area contributed by atoms with Crippen LogP contribution in [0.25, 0.3) is 11.3 Å². The number of nitrogens with two attached hydrogens (primary N) is 1. The highest BCUT2D eigenvalue weighted by atomic mass is 35.5. The molecule has 0 bridgehead atoms. The Kier molecular flexibility index (Phi) is 12.7. The van der Waals surface area contributed by atoms with E-state index in [1.807, 2.05) is 34.0 Å². The summed E-state index contributed by atoms with van der Waals surface area (Å²) in [6.07, 6.45) is 5.84. The minimum absolute atomic E-state index is 0.0199. The predicted octanol–water partition coefficient (Wildman–Crippen LogP) is 8.81. The zero-order valence-corrected chi connectivity index (χ0v) is 31.6. The molecule has 1 atom stereocenters. The monoisotopic (exact) mass is 745 g/mol. The first-order valence-corrected chi connectivity index (χ1v) is 19.2. The van der Waals surface area contributed by atoms with Crippen molar-refractivity contribution in [2.75, 3.05) is 18.0 Å². The van der Waals surface area contributed by atoms with Crippen LogP contribution in [-0.2, 0) is 20.9 Å². The van der Waals surface area contributed by atoms with Gasteiger partial charge in [0.1, 0.15) is 5.60 Å². The Morgan fingerprint density at radius 2 is 1.76 bits per heavy atom. The Morgan fingerprint density at radius 1 is 1.04 bits per heavy atom. The Labute approximate surface area is 307 Å². The summed E-state index contributed by atoms with van der Waals surface area (Å²) in [5, 5.41) is 3.02. The van der Waals surface area contributed by atoms with Crippen LogP contribution in [-0.4, -0.2) is 62.9 Å². The molecule has 13 heteroatoms. The number of hydrogen-bond donors (Lipinski definition) is 1. The molecular formula is C36H45Cl2N5O4S2. The van der Waals surface area contributed by atoms with E-state index in [1.165, 1.54) is 23.3 Å². The van der Waals surface area contributed by atoms with E-state index in [0.29, 0.717) is 21.4 Å². The van der Waals surface area contributed by atoms with Gasteiger partial charge >= 0.3 is 6.09 Å².